The highest BCUT2D eigenvalue weighted by molar-refractivity contribution is 5.76. The zero-order valence-electron chi connectivity index (χ0n) is 9.11. The molecule has 2 fully saturated rings. The summed E-state index contributed by atoms with van der Waals surface area (Å²) in [6.07, 6.45) is 3.95. The van der Waals surface area contributed by atoms with Crippen molar-refractivity contribution < 1.29 is 19.0 Å². The molecule has 0 aromatic rings. The van der Waals surface area contributed by atoms with Crippen LogP contribution in [-0.4, -0.2) is 31.6 Å². The molecule has 4 nitrogen and oxygen atoms in total. The Hall–Kier alpha value is -0.610. The highest BCUT2D eigenvalue weighted by Crippen LogP contribution is 2.37. The van der Waals surface area contributed by atoms with Crippen molar-refractivity contribution in [2.24, 2.45) is 5.92 Å². The summed E-state index contributed by atoms with van der Waals surface area (Å²) >= 11 is 0. The molecule has 2 rings (SSSR count). The summed E-state index contributed by atoms with van der Waals surface area (Å²) < 4.78 is 16.0. The maximum absolute atomic E-state index is 11.3. The molecule has 0 N–H and O–H groups in total. The first-order valence-corrected chi connectivity index (χ1v) is 5.75. The average molecular weight is 214 g/mol. The van der Waals surface area contributed by atoms with Crippen LogP contribution in [-0.2, 0) is 19.0 Å². The summed E-state index contributed by atoms with van der Waals surface area (Å²) in [5, 5.41) is 0. The molecular weight excluding hydrogens is 196 g/mol. The maximum atomic E-state index is 11.3. The predicted molar refractivity (Wildman–Crippen MR) is 53.2 cm³/mol. The second-order valence-electron chi connectivity index (χ2n) is 4.06. The summed E-state index contributed by atoms with van der Waals surface area (Å²) in [6, 6.07) is 0. The Kier molecular flexibility index (Phi) is 3.59. The summed E-state index contributed by atoms with van der Waals surface area (Å²) in [5.41, 5.74) is 0. The molecule has 0 bridgehead atoms. The van der Waals surface area contributed by atoms with Gasteiger partial charge in [-0.25, -0.2) is 0 Å². The van der Waals surface area contributed by atoms with Gasteiger partial charge in [0.1, 0.15) is 0 Å². The SMILES string of the molecule is CCOC(=O)[C@@H]1C[C@H]1O[C@@H]1CCCCO1. The minimum atomic E-state index is -0.127. The van der Waals surface area contributed by atoms with Crippen molar-refractivity contribution >= 4 is 5.97 Å². The van der Waals surface area contributed by atoms with E-state index in [0.29, 0.717) is 6.61 Å². The Morgan fingerprint density at radius 1 is 1.47 bits per heavy atom. The molecule has 3 atom stereocenters. The molecule has 4 heteroatoms. The highest BCUT2D eigenvalue weighted by Gasteiger charge is 2.46. The molecule has 0 spiro atoms. The van der Waals surface area contributed by atoms with Crippen LogP contribution in [0.5, 0.6) is 0 Å². The first kappa shape index (κ1) is 10.9. The number of hydrogen-bond donors (Lipinski definition) is 0. The van der Waals surface area contributed by atoms with E-state index in [-0.39, 0.29) is 24.3 Å². The molecule has 0 aromatic heterocycles. The molecule has 15 heavy (non-hydrogen) atoms. The Balaban J connectivity index is 1.67. The molecule has 1 heterocycles. The molecule has 1 aliphatic heterocycles. The van der Waals surface area contributed by atoms with Crippen molar-refractivity contribution in [1.82, 2.24) is 0 Å². The molecule has 0 radical (unpaired) electrons. The summed E-state index contributed by atoms with van der Waals surface area (Å²) in [6.45, 7) is 3.05. The van der Waals surface area contributed by atoms with E-state index in [1.165, 1.54) is 0 Å². The van der Waals surface area contributed by atoms with Crippen LogP contribution in [0.1, 0.15) is 32.6 Å². The van der Waals surface area contributed by atoms with E-state index in [1.807, 2.05) is 6.92 Å². The van der Waals surface area contributed by atoms with E-state index in [1.54, 1.807) is 0 Å². The van der Waals surface area contributed by atoms with Crippen LogP contribution in [0.3, 0.4) is 0 Å². The van der Waals surface area contributed by atoms with Crippen molar-refractivity contribution in [3.63, 3.8) is 0 Å². The number of carbonyl (C=O) groups excluding carboxylic acids is 1. The lowest BCUT2D eigenvalue weighted by atomic mass is 10.2. The fraction of sp³-hybridized carbons (Fsp3) is 0.909. The number of rotatable bonds is 4. The molecule has 0 unspecified atom stereocenters. The topological polar surface area (TPSA) is 44.8 Å². The van der Waals surface area contributed by atoms with Gasteiger partial charge >= 0.3 is 5.97 Å². The Labute approximate surface area is 89.9 Å². The third kappa shape index (κ3) is 2.92. The van der Waals surface area contributed by atoms with Gasteiger partial charge in [0.05, 0.1) is 18.6 Å². The first-order valence-electron chi connectivity index (χ1n) is 5.75. The Morgan fingerprint density at radius 2 is 2.33 bits per heavy atom. The van der Waals surface area contributed by atoms with Gasteiger partial charge in [0.15, 0.2) is 6.29 Å². The summed E-state index contributed by atoms with van der Waals surface area (Å²) in [5.74, 6) is -0.172. The second-order valence-corrected chi connectivity index (χ2v) is 4.06. The number of hydrogen-bond acceptors (Lipinski definition) is 4. The summed E-state index contributed by atoms with van der Waals surface area (Å²) in [4.78, 5) is 11.3. The van der Waals surface area contributed by atoms with Crippen molar-refractivity contribution in [2.75, 3.05) is 13.2 Å². The van der Waals surface area contributed by atoms with Gasteiger partial charge in [-0.2, -0.15) is 0 Å². The van der Waals surface area contributed by atoms with Gasteiger partial charge in [-0.1, -0.05) is 0 Å². The molecular formula is C11H18O4. The molecule has 1 saturated carbocycles. The number of carbonyl (C=O) groups is 1. The normalized spacial score (nSPS) is 34.9. The quantitative estimate of drug-likeness (QED) is 0.665. The van der Waals surface area contributed by atoms with Gasteiger partial charge in [-0.15, -0.1) is 0 Å². The summed E-state index contributed by atoms with van der Waals surface area (Å²) in [7, 11) is 0. The van der Waals surface area contributed by atoms with Crippen LogP contribution >= 0.6 is 0 Å². The maximum Gasteiger partial charge on any atom is 0.311 e. The molecule has 0 amide bonds. The van der Waals surface area contributed by atoms with Crippen LogP contribution in [0.4, 0.5) is 0 Å². The van der Waals surface area contributed by atoms with Crippen LogP contribution < -0.4 is 0 Å². The number of ether oxygens (including phenoxy) is 3. The van der Waals surface area contributed by atoms with Gasteiger partial charge in [-0.05, 0) is 32.6 Å². The largest absolute Gasteiger partial charge is 0.466 e. The first-order chi connectivity index (χ1) is 7.31. The van der Waals surface area contributed by atoms with Gasteiger partial charge in [-0.3, -0.25) is 4.79 Å². The average Bonchev–Trinajstić information content (AvgIpc) is 2.99. The van der Waals surface area contributed by atoms with Crippen LogP contribution in [0.25, 0.3) is 0 Å². The van der Waals surface area contributed by atoms with Gasteiger partial charge in [0, 0.05) is 6.61 Å². The van der Waals surface area contributed by atoms with Crippen molar-refractivity contribution in [1.29, 1.82) is 0 Å². The predicted octanol–water partition coefficient (Wildman–Crippen LogP) is 1.48. The third-order valence-electron chi connectivity index (χ3n) is 2.79. The van der Waals surface area contributed by atoms with Crippen molar-refractivity contribution in [3.8, 4) is 0 Å². The van der Waals surface area contributed by atoms with Crippen molar-refractivity contribution in [2.45, 2.75) is 45.0 Å². The lowest BCUT2D eigenvalue weighted by molar-refractivity contribution is -0.174. The van der Waals surface area contributed by atoms with E-state index in [9.17, 15) is 4.79 Å². The minimum absolute atomic E-state index is 0.0344. The van der Waals surface area contributed by atoms with E-state index < -0.39 is 0 Å². The van der Waals surface area contributed by atoms with Crippen LogP contribution in [0.15, 0.2) is 0 Å². The standard InChI is InChI=1S/C11H18O4/c1-2-13-11(12)8-7-9(8)15-10-5-3-4-6-14-10/h8-10H,2-7H2,1H3/t8-,9-,10-/m1/s1. The van der Waals surface area contributed by atoms with Crippen LogP contribution in [0.2, 0.25) is 0 Å². The monoisotopic (exact) mass is 214 g/mol. The lowest BCUT2D eigenvalue weighted by Gasteiger charge is -2.22. The van der Waals surface area contributed by atoms with E-state index in [0.717, 1.165) is 32.3 Å². The molecule has 2 aliphatic rings. The van der Waals surface area contributed by atoms with Gasteiger partial charge < -0.3 is 14.2 Å². The molecule has 0 aromatic carbocycles. The highest BCUT2D eigenvalue weighted by atomic mass is 16.7. The van der Waals surface area contributed by atoms with Gasteiger partial charge in [0.25, 0.3) is 0 Å². The third-order valence-corrected chi connectivity index (χ3v) is 2.79. The van der Waals surface area contributed by atoms with E-state index >= 15 is 0 Å². The van der Waals surface area contributed by atoms with Crippen molar-refractivity contribution in [3.05, 3.63) is 0 Å². The van der Waals surface area contributed by atoms with Crippen LogP contribution in [0, 0.1) is 5.92 Å². The van der Waals surface area contributed by atoms with E-state index in [4.69, 9.17) is 14.2 Å². The molecule has 86 valence electrons. The zero-order valence-corrected chi connectivity index (χ0v) is 9.11. The fourth-order valence-electron chi connectivity index (χ4n) is 1.83. The van der Waals surface area contributed by atoms with Gasteiger partial charge in [0.2, 0.25) is 0 Å². The molecule has 1 aliphatic carbocycles. The molecule has 1 saturated heterocycles. The number of esters is 1. The Morgan fingerprint density at radius 3 is 3.00 bits per heavy atom. The van der Waals surface area contributed by atoms with E-state index in [2.05, 4.69) is 0 Å². The smallest absolute Gasteiger partial charge is 0.311 e. The minimum Gasteiger partial charge on any atom is -0.466 e. The second kappa shape index (κ2) is 4.94. The fourth-order valence-corrected chi connectivity index (χ4v) is 1.83. The zero-order chi connectivity index (χ0) is 10.7. The Bertz CT molecular complexity index is 223. The lowest BCUT2D eigenvalue weighted by Crippen LogP contribution is -2.24.